The predicted octanol–water partition coefficient (Wildman–Crippen LogP) is 3.91. The van der Waals surface area contributed by atoms with Gasteiger partial charge < -0.3 is 4.74 Å². The molecule has 0 spiro atoms. The third-order valence-corrected chi connectivity index (χ3v) is 1.82. The maximum atomic E-state index is 12.6. The molecule has 0 saturated carbocycles. The summed E-state index contributed by atoms with van der Waals surface area (Å²) in [6.45, 7) is 10.5. The largest absolute Gasteiger partial charge is 0.498 e. The predicted molar refractivity (Wildman–Crippen MR) is 58.9 cm³/mol. The van der Waals surface area contributed by atoms with Crippen molar-refractivity contribution < 1.29 is 13.5 Å². The van der Waals surface area contributed by atoms with Gasteiger partial charge in [-0.1, -0.05) is 18.7 Å². The molecule has 1 rings (SSSR count). The van der Waals surface area contributed by atoms with Gasteiger partial charge in [0.2, 0.25) is 5.69 Å². The zero-order chi connectivity index (χ0) is 12.2. The second-order valence-electron chi connectivity index (χ2n) is 3.40. The van der Waals surface area contributed by atoms with Crippen LogP contribution in [0.4, 0.5) is 14.5 Å². The van der Waals surface area contributed by atoms with Crippen LogP contribution in [0.1, 0.15) is 12.5 Å². The quantitative estimate of drug-likeness (QED) is 0.705. The van der Waals surface area contributed by atoms with E-state index in [0.717, 1.165) is 12.5 Å². The van der Waals surface area contributed by atoms with Gasteiger partial charge in [-0.3, -0.25) is 0 Å². The Labute approximate surface area is 93.0 Å². The van der Waals surface area contributed by atoms with Gasteiger partial charge >= 0.3 is 0 Å². The lowest BCUT2D eigenvalue weighted by Crippen LogP contribution is -2.20. The van der Waals surface area contributed by atoms with Gasteiger partial charge in [0, 0.05) is 6.92 Å². The fourth-order valence-electron chi connectivity index (χ4n) is 1.08. The SMILES string of the molecule is [C-]#[N+]c1cc(C=C)ccc1OCC(C)(F)F. The lowest BCUT2D eigenvalue weighted by molar-refractivity contribution is -0.0227. The Bertz CT molecular complexity index is 430. The van der Waals surface area contributed by atoms with Crippen LogP contribution in [0.3, 0.4) is 0 Å². The van der Waals surface area contributed by atoms with E-state index in [9.17, 15) is 8.78 Å². The third-order valence-electron chi connectivity index (χ3n) is 1.82. The van der Waals surface area contributed by atoms with Gasteiger partial charge in [0.25, 0.3) is 5.92 Å². The maximum Gasteiger partial charge on any atom is 0.278 e. The summed E-state index contributed by atoms with van der Waals surface area (Å²) in [5.41, 5.74) is 0.961. The van der Waals surface area contributed by atoms with Gasteiger partial charge in [0.15, 0.2) is 0 Å². The molecule has 0 aromatic heterocycles. The number of rotatable bonds is 4. The molecule has 2 nitrogen and oxygen atoms in total. The molecule has 84 valence electrons. The van der Waals surface area contributed by atoms with Gasteiger partial charge in [0.05, 0.1) is 6.57 Å². The lowest BCUT2D eigenvalue weighted by Gasteiger charge is -2.13. The van der Waals surface area contributed by atoms with Gasteiger partial charge in [-0.2, -0.15) is 0 Å². The highest BCUT2D eigenvalue weighted by atomic mass is 19.3. The van der Waals surface area contributed by atoms with Crippen LogP contribution in [0.25, 0.3) is 10.9 Å². The summed E-state index contributed by atoms with van der Waals surface area (Å²) in [5, 5.41) is 0. The van der Waals surface area contributed by atoms with E-state index in [4.69, 9.17) is 11.3 Å². The monoisotopic (exact) mass is 223 g/mol. The van der Waals surface area contributed by atoms with Crippen molar-refractivity contribution in [3.05, 3.63) is 41.8 Å². The zero-order valence-corrected chi connectivity index (χ0v) is 8.84. The number of nitrogens with zero attached hydrogens (tertiary/aromatic N) is 1. The minimum Gasteiger partial charge on any atom is -0.498 e. The fraction of sp³-hybridized carbons (Fsp3) is 0.250. The van der Waals surface area contributed by atoms with Gasteiger partial charge in [-0.15, -0.1) is 0 Å². The number of alkyl halides is 2. The molecule has 0 radical (unpaired) electrons. The summed E-state index contributed by atoms with van der Waals surface area (Å²) >= 11 is 0. The molecule has 0 atom stereocenters. The third kappa shape index (κ3) is 3.35. The van der Waals surface area contributed by atoms with Gasteiger partial charge in [-0.05, 0) is 17.7 Å². The smallest absolute Gasteiger partial charge is 0.278 e. The Morgan fingerprint density at radius 3 is 2.75 bits per heavy atom. The van der Waals surface area contributed by atoms with Crippen LogP contribution in [0.15, 0.2) is 24.8 Å². The molecule has 0 saturated heterocycles. The molecule has 0 heterocycles. The average molecular weight is 223 g/mol. The Morgan fingerprint density at radius 1 is 1.56 bits per heavy atom. The topological polar surface area (TPSA) is 13.6 Å². The van der Waals surface area contributed by atoms with E-state index in [1.54, 1.807) is 18.2 Å². The van der Waals surface area contributed by atoms with Gasteiger partial charge in [-0.25, -0.2) is 13.6 Å². The van der Waals surface area contributed by atoms with Crippen molar-refractivity contribution in [2.75, 3.05) is 6.61 Å². The lowest BCUT2D eigenvalue weighted by atomic mass is 10.2. The summed E-state index contributed by atoms with van der Waals surface area (Å²) < 4.78 is 30.0. The molecule has 0 fully saturated rings. The Hall–Kier alpha value is -1.89. The van der Waals surface area contributed by atoms with E-state index in [1.165, 1.54) is 6.07 Å². The van der Waals surface area contributed by atoms with Crippen molar-refractivity contribution in [3.8, 4) is 5.75 Å². The number of halogens is 2. The second-order valence-corrected chi connectivity index (χ2v) is 3.40. The minimum absolute atomic E-state index is 0.169. The second kappa shape index (κ2) is 4.75. The summed E-state index contributed by atoms with van der Waals surface area (Å²) in [6.07, 6.45) is 1.58. The molecule has 0 unspecified atom stereocenters. The molecule has 16 heavy (non-hydrogen) atoms. The highest BCUT2D eigenvalue weighted by molar-refractivity contribution is 5.64. The first-order valence-corrected chi connectivity index (χ1v) is 4.61. The first-order chi connectivity index (χ1) is 7.46. The van der Waals surface area contributed by atoms with E-state index in [-0.39, 0.29) is 11.4 Å². The van der Waals surface area contributed by atoms with E-state index in [0.29, 0.717) is 0 Å². The molecule has 0 aliphatic rings. The van der Waals surface area contributed by atoms with E-state index in [2.05, 4.69) is 11.4 Å². The molecule has 0 N–H and O–H groups in total. The Balaban J connectivity index is 2.89. The van der Waals surface area contributed by atoms with E-state index in [1.807, 2.05) is 0 Å². The molecular formula is C12H11F2NO. The molecule has 0 aliphatic carbocycles. The minimum atomic E-state index is -2.91. The standard InChI is InChI=1S/C12H11F2NO/c1-4-9-5-6-11(10(7-9)15-3)16-8-12(2,13)14/h4-7H,1,8H2,2H3. The van der Waals surface area contributed by atoms with Crippen LogP contribution in [-0.2, 0) is 0 Å². The van der Waals surface area contributed by atoms with E-state index < -0.39 is 12.5 Å². The maximum absolute atomic E-state index is 12.6. The van der Waals surface area contributed by atoms with Crippen LogP contribution >= 0.6 is 0 Å². The van der Waals surface area contributed by atoms with Gasteiger partial charge in [0.1, 0.15) is 12.4 Å². The number of hydrogen-bond acceptors (Lipinski definition) is 1. The summed E-state index contributed by atoms with van der Waals surface area (Å²) in [6, 6.07) is 4.70. The summed E-state index contributed by atoms with van der Waals surface area (Å²) in [7, 11) is 0. The molecule has 1 aromatic rings. The molecule has 0 aliphatic heterocycles. The molecule has 4 heteroatoms. The normalized spacial score (nSPS) is 10.6. The molecule has 0 amide bonds. The highest BCUT2D eigenvalue weighted by Gasteiger charge is 2.22. The summed E-state index contributed by atoms with van der Waals surface area (Å²) in [4.78, 5) is 3.21. The first-order valence-electron chi connectivity index (χ1n) is 4.61. The number of hydrogen-bond donors (Lipinski definition) is 0. The number of benzene rings is 1. The van der Waals surface area contributed by atoms with Crippen molar-refractivity contribution in [2.45, 2.75) is 12.8 Å². The first kappa shape index (κ1) is 12.2. The molecule has 0 bridgehead atoms. The van der Waals surface area contributed by atoms with Crippen molar-refractivity contribution in [1.82, 2.24) is 0 Å². The molecular weight excluding hydrogens is 212 g/mol. The zero-order valence-electron chi connectivity index (χ0n) is 8.84. The van der Waals surface area contributed by atoms with Crippen LogP contribution in [-0.4, -0.2) is 12.5 Å². The van der Waals surface area contributed by atoms with Crippen LogP contribution in [0.5, 0.6) is 5.75 Å². The Kier molecular flexibility index (Phi) is 3.62. The average Bonchev–Trinajstić information content (AvgIpc) is 2.25. The Morgan fingerprint density at radius 2 is 2.25 bits per heavy atom. The number of ether oxygens (including phenoxy) is 1. The van der Waals surface area contributed by atoms with Crippen molar-refractivity contribution >= 4 is 11.8 Å². The van der Waals surface area contributed by atoms with Crippen molar-refractivity contribution in [1.29, 1.82) is 0 Å². The van der Waals surface area contributed by atoms with Crippen molar-refractivity contribution in [2.24, 2.45) is 0 Å². The van der Waals surface area contributed by atoms with Crippen LogP contribution in [0.2, 0.25) is 0 Å². The van der Waals surface area contributed by atoms with E-state index >= 15 is 0 Å². The van der Waals surface area contributed by atoms with Crippen LogP contribution < -0.4 is 4.74 Å². The molecule has 1 aromatic carbocycles. The highest BCUT2D eigenvalue weighted by Crippen LogP contribution is 2.30. The fourth-order valence-corrected chi connectivity index (χ4v) is 1.08. The van der Waals surface area contributed by atoms with Crippen molar-refractivity contribution in [3.63, 3.8) is 0 Å². The summed E-state index contributed by atoms with van der Waals surface area (Å²) in [5.74, 6) is -2.74. The van der Waals surface area contributed by atoms with Crippen LogP contribution in [0, 0.1) is 6.57 Å².